The molecule has 8 heteroatoms. The van der Waals surface area contributed by atoms with Crippen LogP contribution in [0.15, 0.2) is 65.5 Å². The predicted octanol–water partition coefficient (Wildman–Crippen LogP) is 0.0843. The third kappa shape index (κ3) is 5.10. The number of nitrogens with zero attached hydrogens (tertiary/aromatic N) is 1. The number of piperazine rings is 1. The van der Waals surface area contributed by atoms with Gasteiger partial charge in [0.05, 0.1) is 44.7 Å². The second kappa shape index (κ2) is 9.44. The summed E-state index contributed by atoms with van der Waals surface area (Å²) in [6.07, 6.45) is 0.317. The third-order valence-electron chi connectivity index (χ3n) is 5.61. The molecule has 4 N–H and O–H groups in total. The number of carbonyl (C=O) groups excluding carboxylic acids is 2. The predicted molar refractivity (Wildman–Crippen MR) is 119 cm³/mol. The average molecular weight is 420 g/mol. The summed E-state index contributed by atoms with van der Waals surface area (Å²) in [4.78, 5) is 42.9. The van der Waals surface area contributed by atoms with Crippen molar-refractivity contribution in [1.29, 1.82) is 0 Å². The van der Waals surface area contributed by atoms with Gasteiger partial charge in [-0.3, -0.25) is 25.2 Å². The van der Waals surface area contributed by atoms with E-state index >= 15 is 0 Å². The molecule has 4 rings (SSSR count). The molecule has 160 valence electrons. The monoisotopic (exact) mass is 420 g/mol. The third-order valence-corrected chi connectivity index (χ3v) is 5.61. The van der Waals surface area contributed by atoms with Gasteiger partial charge in [0, 0.05) is 22.7 Å². The highest BCUT2D eigenvalue weighted by Gasteiger charge is 2.21. The first kappa shape index (κ1) is 20.6. The molecule has 0 saturated carbocycles. The number of quaternary nitrogens is 1. The summed E-state index contributed by atoms with van der Waals surface area (Å²) >= 11 is 0. The van der Waals surface area contributed by atoms with Gasteiger partial charge in [-0.25, -0.2) is 0 Å². The minimum atomic E-state index is -0.514. The van der Waals surface area contributed by atoms with Crippen molar-refractivity contribution in [3.05, 3.63) is 76.6 Å². The van der Waals surface area contributed by atoms with Crippen LogP contribution in [0.3, 0.4) is 0 Å². The minimum Gasteiger partial charge on any atom is -0.360 e. The van der Waals surface area contributed by atoms with E-state index in [0.29, 0.717) is 23.9 Å². The summed E-state index contributed by atoms with van der Waals surface area (Å²) in [6, 6.07) is 18.6. The fourth-order valence-corrected chi connectivity index (χ4v) is 3.91. The van der Waals surface area contributed by atoms with Crippen LogP contribution in [0.4, 0.5) is 5.69 Å². The highest BCUT2D eigenvalue weighted by molar-refractivity contribution is 6.06. The number of H-pyrrole nitrogens is 1. The molecular weight excluding hydrogens is 394 g/mol. The number of hydrazine groups is 1. The second-order valence-electron chi connectivity index (χ2n) is 7.67. The Morgan fingerprint density at radius 1 is 0.968 bits per heavy atom. The van der Waals surface area contributed by atoms with Gasteiger partial charge in [0.25, 0.3) is 5.91 Å². The molecule has 0 radical (unpaired) electrons. The SMILES string of the molecule is O=C(CC[NH+]1CCN(c2ccccc2)CC1)NNC(=O)c1cc(=O)[nH]c2ccccc12. The van der Waals surface area contributed by atoms with Crippen molar-refractivity contribution < 1.29 is 14.5 Å². The lowest BCUT2D eigenvalue weighted by Crippen LogP contribution is -3.15. The summed E-state index contributed by atoms with van der Waals surface area (Å²) in [5.74, 6) is -0.764. The van der Waals surface area contributed by atoms with E-state index in [1.54, 1.807) is 24.3 Å². The summed E-state index contributed by atoms with van der Waals surface area (Å²) in [5, 5.41) is 0.620. The van der Waals surface area contributed by atoms with Crippen LogP contribution < -0.4 is 26.2 Å². The zero-order valence-corrected chi connectivity index (χ0v) is 17.2. The molecule has 0 atom stereocenters. The number of aromatic amines is 1. The highest BCUT2D eigenvalue weighted by Crippen LogP contribution is 2.14. The van der Waals surface area contributed by atoms with Crippen molar-refractivity contribution in [1.82, 2.24) is 15.8 Å². The van der Waals surface area contributed by atoms with Crippen molar-refractivity contribution in [2.24, 2.45) is 0 Å². The zero-order chi connectivity index (χ0) is 21.6. The number of aromatic nitrogens is 1. The van der Waals surface area contributed by atoms with E-state index in [0.717, 1.165) is 26.2 Å². The number of carbonyl (C=O) groups is 2. The van der Waals surface area contributed by atoms with Gasteiger partial charge in [-0.15, -0.1) is 0 Å². The number of pyridine rings is 1. The molecule has 2 aromatic carbocycles. The molecule has 0 spiro atoms. The number of fused-ring (bicyclic) bond motifs is 1. The molecular formula is C23H26N5O3+. The van der Waals surface area contributed by atoms with Crippen LogP contribution in [0, 0.1) is 0 Å². The van der Waals surface area contributed by atoms with Crippen molar-refractivity contribution in [3.63, 3.8) is 0 Å². The molecule has 3 aromatic rings. The maximum absolute atomic E-state index is 12.5. The number of amides is 2. The van der Waals surface area contributed by atoms with Gasteiger partial charge in [-0.05, 0) is 18.2 Å². The molecule has 2 heterocycles. The van der Waals surface area contributed by atoms with E-state index in [4.69, 9.17) is 0 Å². The summed E-state index contributed by atoms with van der Waals surface area (Å²) in [7, 11) is 0. The topological polar surface area (TPSA) is 98.7 Å². The molecule has 2 amide bonds. The lowest BCUT2D eigenvalue weighted by atomic mass is 10.1. The first-order chi connectivity index (χ1) is 15.1. The highest BCUT2D eigenvalue weighted by atomic mass is 16.2. The maximum Gasteiger partial charge on any atom is 0.270 e. The molecule has 1 fully saturated rings. The lowest BCUT2D eigenvalue weighted by molar-refractivity contribution is -0.900. The molecule has 1 aliphatic rings. The van der Waals surface area contributed by atoms with Crippen molar-refractivity contribution in [3.8, 4) is 0 Å². The van der Waals surface area contributed by atoms with Gasteiger partial charge in [0.2, 0.25) is 11.5 Å². The average Bonchev–Trinajstić information content (AvgIpc) is 2.81. The summed E-state index contributed by atoms with van der Waals surface area (Å²) in [6.45, 7) is 4.54. The zero-order valence-electron chi connectivity index (χ0n) is 17.2. The molecule has 1 aliphatic heterocycles. The number of nitrogens with one attached hydrogen (secondary N) is 4. The Labute approximate surface area is 179 Å². The Kier molecular flexibility index (Phi) is 6.28. The smallest absolute Gasteiger partial charge is 0.270 e. The van der Waals surface area contributed by atoms with Gasteiger partial charge in [0.15, 0.2) is 0 Å². The molecule has 31 heavy (non-hydrogen) atoms. The number of rotatable bonds is 5. The van der Waals surface area contributed by atoms with Gasteiger partial charge in [-0.2, -0.15) is 0 Å². The van der Waals surface area contributed by atoms with Crippen LogP contribution in [0.2, 0.25) is 0 Å². The van der Waals surface area contributed by atoms with Crippen molar-refractivity contribution in [2.45, 2.75) is 6.42 Å². The fraction of sp³-hybridized carbons (Fsp3) is 0.261. The van der Waals surface area contributed by atoms with Gasteiger partial charge < -0.3 is 14.8 Å². The Morgan fingerprint density at radius 3 is 2.45 bits per heavy atom. The number of hydrogen-bond donors (Lipinski definition) is 4. The van der Waals surface area contributed by atoms with Crippen LogP contribution in [-0.2, 0) is 4.79 Å². The first-order valence-electron chi connectivity index (χ1n) is 10.4. The standard InChI is InChI=1S/C23H25N5O3/c29-21(10-11-27-12-14-28(15-13-27)17-6-2-1-3-7-17)25-26-23(31)19-16-22(30)24-20-9-5-4-8-18(19)20/h1-9,16H,10-15H2,(H,24,30)(H,25,29)(H,26,31)/p+1. The number of benzene rings is 2. The summed E-state index contributed by atoms with van der Waals surface area (Å²) < 4.78 is 0. The van der Waals surface area contributed by atoms with E-state index in [-0.39, 0.29) is 17.0 Å². The molecule has 1 aromatic heterocycles. The summed E-state index contributed by atoms with van der Waals surface area (Å²) in [5.41, 5.74) is 6.55. The quantitative estimate of drug-likeness (QED) is 0.440. The molecule has 0 aliphatic carbocycles. The van der Waals surface area contributed by atoms with Crippen LogP contribution in [-0.4, -0.2) is 49.5 Å². The molecule has 1 saturated heterocycles. The Morgan fingerprint density at radius 2 is 1.68 bits per heavy atom. The first-order valence-corrected chi connectivity index (χ1v) is 10.4. The van der Waals surface area contributed by atoms with Crippen molar-refractivity contribution >= 4 is 28.4 Å². The maximum atomic E-state index is 12.5. The van der Waals surface area contributed by atoms with E-state index in [1.165, 1.54) is 16.7 Å². The molecule has 0 bridgehead atoms. The lowest BCUT2D eigenvalue weighted by Gasteiger charge is -2.33. The van der Waals surface area contributed by atoms with Crippen LogP contribution in [0.25, 0.3) is 10.9 Å². The number of anilines is 1. The molecule has 0 unspecified atom stereocenters. The number of hydrogen-bond acceptors (Lipinski definition) is 4. The van der Waals surface area contributed by atoms with Crippen LogP contribution >= 0.6 is 0 Å². The Hall–Kier alpha value is -3.65. The van der Waals surface area contributed by atoms with E-state index in [2.05, 4.69) is 32.9 Å². The Bertz CT molecular complexity index is 1120. The van der Waals surface area contributed by atoms with Gasteiger partial charge in [-0.1, -0.05) is 36.4 Å². The van der Waals surface area contributed by atoms with E-state index in [1.807, 2.05) is 18.2 Å². The second-order valence-corrected chi connectivity index (χ2v) is 7.67. The number of para-hydroxylation sites is 2. The van der Waals surface area contributed by atoms with Crippen LogP contribution in [0.1, 0.15) is 16.8 Å². The molecule has 8 nitrogen and oxygen atoms in total. The van der Waals surface area contributed by atoms with Crippen molar-refractivity contribution in [2.75, 3.05) is 37.6 Å². The normalized spacial score (nSPS) is 14.4. The Balaban J connectivity index is 1.24. The largest absolute Gasteiger partial charge is 0.360 e. The van der Waals surface area contributed by atoms with Gasteiger partial charge in [0.1, 0.15) is 0 Å². The fourth-order valence-electron chi connectivity index (χ4n) is 3.91. The minimum absolute atomic E-state index is 0.224. The van der Waals surface area contributed by atoms with E-state index < -0.39 is 5.91 Å². The van der Waals surface area contributed by atoms with Gasteiger partial charge >= 0.3 is 0 Å². The van der Waals surface area contributed by atoms with E-state index in [9.17, 15) is 14.4 Å². The van der Waals surface area contributed by atoms with Crippen LogP contribution in [0.5, 0.6) is 0 Å².